The summed E-state index contributed by atoms with van der Waals surface area (Å²) in [6.45, 7) is 12.4. The highest BCUT2D eigenvalue weighted by atomic mass is 16.7. The van der Waals surface area contributed by atoms with E-state index in [0.29, 0.717) is 12.2 Å². The van der Waals surface area contributed by atoms with Crippen molar-refractivity contribution in [3.05, 3.63) is 28.8 Å². The molecule has 0 aliphatic heterocycles. The van der Waals surface area contributed by atoms with E-state index in [9.17, 15) is 9.90 Å². The van der Waals surface area contributed by atoms with Crippen LogP contribution in [0.5, 0.6) is 5.75 Å². The third-order valence-electron chi connectivity index (χ3n) is 3.58. The van der Waals surface area contributed by atoms with Crippen LogP contribution in [0, 0.1) is 0 Å². The zero-order valence-electron chi connectivity index (χ0n) is 14.4. The molecule has 0 saturated carbocycles. The summed E-state index contributed by atoms with van der Waals surface area (Å²) in [4.78, 5) is 16.0. The van der Waals surface area contributed by atoms with Crippen LogP contribution in [0.4, 0.5) is 0 Å². The Morgan fingerprint density at radius 2 is 1.59 bits per heavy atom. The molecule has 0 aliphatic rings. The van der Waals surface area contributed by atoms with Crippen LogP contribution in [-0.2, 0) is 26.9 Å². The van der Waals surface area contributed by atoms with E-state index in [1.165, 1.54) is 0 Å². The largest absolute Gasteiger partial charge is 0.507 e. The van der Waals surface area contributed by atoms with Gasteiger partial charge in [0.1, 0.15) is 5.75 Å². The lowest BCUT2D eigenvalue weighted by Gasteiger charge is -2.28. The normalized spacial score (nSPS) is 12.3. The average molecular weight is 308 g/mol. The van der Waals surface area contributed by atoms with Gasteiger partial charge in [-0.1, -0.05) is 59.3 Å². The van der Waals surface area contributed by atoms with Gasteiger partial charge in [-0.3, -0.25) is 4.79 Å². The van der Waals surface area contributed by atoms with Crippen molar-refractivity contribution in [2.24, 2.45) is 5.84 Å². The number of hydrogen-bond acceptors (Lipinski definition) is 5. The lowest BCUT2D eigenvalue weighted by Crippen LogP contribution is -2.26. The van der Waals surface area contributed by atoms with Crippen LogP contribution < -0.4 is 11.4 Å². The number of phenolic OH excluding ortho intramolecular Hbond substituents is 1. The molecule has 0 aliphatic carbocycles. The first-order valence-corrected chi connectivity index (χ1v) is 7.49. The van der Waals surface area contributed by atoms with Crippen LogP contribution in [0.2, 0.25) is 0 Å². The Bertz CT molecular complexity index is 505. The summed E-state index contributed by atoms with van der Waals surface area (Å²) < 4.78 is 0. The maximum Gasteiger partial charge on any atom is 0.326 e. The van der Waals surface area contributed by atoms with E-state index >= 15 is 0 Å². The molecule has 0 spiro atoms. The highest BCUT2D eigenvalue weighted by molar-refractivity contribution is 5.69. The Kier molecular flexibility index (Phi) is 5.59. The molecule has 0 saturated heterocycles. The van der Waals surface area contributed by atoms with Crippen LogP contribution in [0.15, 0.2) is 12.1 Å². The summed E-state index contributed by atoms with van der Waals surface area (Å²) in [6.07, 6.45) is 0.759. The van der Waals surface area contributed by atoms with Crippen molar-refractivity contribution in [3.8, 4) is 5.75 Å². The molecule has 0 heterocycles. The molecular formula is C17H28N2O3. The predicted molar refractivity (Wildman–Crippen MR) is 87.2 cm³/mol. The van der Waals surface area contributed by atoms with Crippen molar-refractivity contribution in [1.82, 2.24) is 5.59 Å². The van der Waals surface area contributed by atoms with Crippen LogP contribution in [-0.4, -0.2) is 11.1 Å². The second-order valence-electron chi connectivity index (χ2n) is 7.63. The topological polar surface area (TPSA) is 84.6 Å². The second-order valence-corrected chi connectivity index (χ2v) is 7.63. The van der Waals surface area contributed by atoms with Gasteiger partial charge < -0.3 is 9.94 Å². The number of nitrogens with one attached hydrogen (secondary N) is 1. The van der Waals surface area contributed by atoms with Crippen molar-refractivity contribution in [2.45, 2.75) is 65.2 Å². The minimum absolute atomic E-state index is 0.181. The molecule has 0 fully saturated rings. The van der Waals surface area contributed by atoms with Gasteiger partial charge >= 0.3 is 5.97 Å². The molecule has 5 nitrogen and oxygen atoms in total. The number of hydrazine groups is 1. The van der Waals surface area contributed by atoms with Crippen molar-refractivity contribution in [2.75, 3.05) is 0 Å². The molecule has 5 heteroatoms. The Morgan fingerprint density at radius 3 is 1.95 bits per heavy atom. The summed E-state index contributed by atoms with van der Waals surface area (Å²) in [6, 6.07) is 3.93. The van der Waals surface area contributed by atoms with E-state index in [1.54, 1.807) is 0 Å². The van der Waals surface area contributed by atoms with E-state index in [-0.39, 0.29) is 17.3 Å². The number of aromatic hydroxyl groups is 1. The first kappa shape index (κ1) is 18.5. The van der Waals surface area contributed by atoms with Crippen LogP contribution in [0.3, 0.4) is 0 Å². The Hall–Kier alpha value is -1.59. The van der Waals surface area contributed by atoms with E-state index in [2.05, 4.69) is 46.4 Å². The van der Waals surface area contributed by atoms with Crippen LogP contribution in [0.1, 0.15) is 64.7 Å². The maximum atomic E-state index is 11.4. The van der Waals surface area contributed by atoms with Crippen molar-refractivity contribution in [3.63, 3.8) is 0 Å². The molecule has 124 valence electrons. The Morgan fingerprint density at radius 1 is 1.14 bits per heavy atom. The monoisotopic (exact) mass is 308 g/mol. The molecule has 0 aromatic heterocycles. The molecule has 0 bridgehead atoms. The van der Waals surface area contributed by atoms with Gasteiger partial charge in [-0.15, -0.1) is 0 Å². The number of hydrogen-bond donors (Lipinski definition) is 3. The number of phenols is 1. The fraction of sp³-hybridized carbons (Fsp3) is 0.588. The first-order chi connectivity index (χ1) is 9.96. The number of rotatable bonds is 4. The molecule has 0 amide bonds. The first-order valence-electron chi connectivity index (χ1n) is 7.49. The zero-order chi connectivity index (χ0) is 17.1. The molecule has 4 N–H and O–H groups in total. The molecule has 1 rings (SSSR count). The van der Waals surface area contributed by atoms with Gasteiger partial charge in [-0.05, 0) is 33.9 Å². The lowest BCUT2D eigenvalue weighted by molar-refractivity contribution is -0.151. The standard InChI is InChI=1S/C17H28N2O3/c1-16(2,3)12-9-11(7-8-14(20)22-19-18)10-13(15(12)21)17(4,5)6/h9-10,19,21H,7-8,18H2,1-6H3. The smallest absolute Gasteiger partial charge is 0.326 e. The second kappa shape index (κ2) is 6.67. The summed E-state index contributed by atoms with van der Waals surface area (Å²) >= 11 is 0. The van der Waals surface area contributed by atoms with Crippen LogP contribution >= 0.6 is 0 Å². The average Bonchev–Trinajstić information content (AvgIpc) is 2.35. The van der Waals surface area contributed by atoms with E-state index in [4.69, 9.17) is 5.84 Å². The van der Waals surface area contributed by atoms with Gasteiger partial charge in [0, 0.05) is 0 Å². The number of aryl methyl sites for hydroxylation is 1. The summed E-state index contributed by atoms with van der Waals surface area (Å²) in [5.41, 5.74) is 4.31. The van der Waals surface area contributed by atoms with Gasteiger partial charge in [0.2, 0.25) is 0 Å². The third kappa shape index (κ3) is 4.71. The lowest BCUT2D eigenvalue weighted by atomic mass is 9.78. The van der Waals surface area contributed by atoms with Gasteiger partial charge in [-0.2, -0.15) is 0 Å². The van der Waals surface area contributed by atoms with Gasteiger partial charge in [0.05, 0.1) is 6.42 Å². The predicted octanol–water partition coefficient (Wildman–Crippen LogP) is 2.84. The van der Waals surface area contributed by atoms with Crippen molar-refractivity contribution in [1.29, 1.82) is 0 Å². The minimum Gasteiger partial charge on any atom is -0.507 e. The molecule has 0 unspecified atom stereocenters. The summed E-state index contributed by atoms with van der Waals surface area (Å²) in [7, 11) is 0. The molecule has 22 heavy (non-hydrogen) atoms. The molecular weight excluding hydrogens is 280 g/mol. The SMILES string of the molecule is CC(C)(C)c1cc(CCC(=O)ONN)cc(C(C)(C)C)c1O. The number of carbonyl (C=O) groups excluding carboxylic acids is 1. The van der Waals surface area contributed by atoms with Gasteiger partial charge in [-0.25, -0.2) is 5.84 Å². The summed E-state index contributed by atoms with van der Waals surface area (Å²) in [5, 5.41) is 10.6. The number of carbonyl (C=O) groups is 1. The van der Waals surface area contributed by atoms with E-state index < -0.39 is 5.97 Å². The fourth-order valence-electron chi connectivity index (χ4n) is 2.35. The van der Waals surface area contributed by atoms with Crippen molar-refractivity contribution < 1.29 is 14.7 Å². The highest BCUT2D eigenvalue weighted by Gasteiger charge is 2.26. The fourth-order valence-corrected chi connectivity index (χ4v) is 2.35. The number of benzene rings is 1. The zero-order valence-corrected chi connectivity index (χ0v) is 14.4. The third-order valence-corrected chi connectivity index (χ3v) is 3.58. The molecule has 1 aromatic carbocycles. The quantitative estimate of drug-likeness (QED) is 0.588. The minimum atomic E-state index is -0.412. The van der Waals surface area contributed by atoms with Crippen molar-refractivity contribution >= 4 is 5.97 Å². The van der Waals surface area contributed by atoms with E-state index in [1.807, 2.05) is 17.7 Å². The highest BCUT2D eigenvalue weighted by Crippen LogP contribution is 2.39. The molecule has 1 aromatic rings. The molecule has 0 radical (unpaired) electrons. The molecule has 0 atom stereocenters. The van der Waals surface area contributed by atoms with Gasteiger partial charge in [0.25, 0.3) is 0 Å². The Balaban J connectivity index is 3.21. The Labute approximate surface area is 132 Å². The van der Waals surface area contributed by atoms with E-state index in [0.717, 1.165) is 16.7 Å². The van der Waals surface area contributed by atoms with Gasteiger partial charge in [0.15, 0.2) is 0 Å². The maximum absolute atomic E-state index is 11.4. The summed E-state index contributed by atoms with van der Waals surface area (Å²) in [5.74, 6) is 4.89. The number of nitrogens with two attached hydrogens (primary N) is 1. The van der Waals surface area contributed by atoms with Crippen LogP contribution in [0.25, 0.3) is 0 Å².